The van der Waals surface area contributed by atoms with E-state index < -0.39 is 0 Å². The lowest BCUT2D eigenvalue weighted by Crippen LogP contribution is -2.18. The smallest absolute Gasteiger partial charge is 0.258 e. The van der Waals surface area contributed by atoms with Crippen LogP contribution in [0.3, 0.4) is 0 Å². The van der Waals surface area contributed by atoms with Crippen LogP contribution in [0.15, 0.2) is 42.7 Å². The van der Waals surface area contributed by atoms with Crippen molar-refractivity contribution in [3.8, 4) is 0 Å². The molecule has 2 heterocycles. The number of nitrogens with one attached hydrogen (secondary N) is 1. The minimum atomic E-state index is -0.124. The number of hydrogen-bond acceptors (Lipinski definition) is 3. The Morgan fingerprint density at radius 3 is 2.92 bits per heavy atom. The van der Waals surface area contributed by atoms with Gasteiger partial charge < -0.3 is 4.57 Å². The Kier molecular flexibility index (Phi) is 3.76. The molecule has 3 aromatic rings. The number of nitrogens with zero attached hydrogens (tertiary/aromatic N) is 3. The molecule has 1 fully saturated rings. The summed E-state index contributed by atoms with van der Waals surface area (Å²) in [7, 11) is 0. The first-order valence-electron chi connectivity index (χ1n) is 8.45. The number of carbonyl (C=O) groups is 1. The van der Waals surface area contributed by atoms with Crippen molar-refractivity contribution in [2.45, 2.75) is 32.7 Å². The van der Waals surface area contributed by atoms with Crippen LogP contribution in [0.4, 0.5) is 5.95 Å². The largest absolute Gasteiger partial charge is 0.310 e. The van der Waals surface area contributed by atoms with Gasteiger partial charge in [-0.3, -0.25) is 15.1 Å². The van der Waals surface area contributed by atoms with Crippen LogP contribution in [0.5, 0.6) is 0 Å². The van der Waals surface area contributed by atoms with Crippen LogP contribution in [-0.2, 0) is 13.0 Å². The lowest BCUT2D eigenvalue weighted by atomic mass is 10.1. The van der Waals surface area contributed by atoms with Gasteiger partial charge in [-0.2, -0.15) is 0 Å². The average Bonchev–Trinajstić information content (AvgIpc) is 3.37. The number of aromatic nitrogens is 3. The van der Waals surface area contributed by atoms with Crippen molar-refractivity contribution in [3.05, 3.63) is 53.9 Å². The lowest BCUT2D eigenvalue weighted by molar-refractivity contribution is 0.102. The summed E-state index contributed by atoms with van der Waals surface area (Å²) in [6.07, 6.45) is 6.69. The topological polar surface area (TPSA) is 59.8 Å². The van der Waals surface area contributed by atoms with Gasteiger partial charge in [-0.25, -0.2) is 4.98 Å². The number of hydrogen-bond donors (Lipinski definition) is 1. The van der Waals surface area contributed by atoms with Crippen molar-refractivity contribution in [1.82, 2.24) is 14.5 Å². The first-order valence-corrected chi connectivity index (χ1v) is 8.45. The Morgan fingerprint density at radius 1 is 1.29 bits per heavy atom. The zero-order valence-corrected chi connectivity index (χ0v) is 13.7. The van der Waals surface area contributed by atoms with Crippen LogP contribution >= 0.6 is 0 Å². The Hall–Kier alpha value is -2.69. The lowest BCUT2D eigenvalue weighted by Gasteiger charge is -2.11. The molecule has 1 aliphatic carbocycles. The van der Waals surface area contributed by atoms with Crippen LogP contribution in [0, 0.1) is 5.92 Å². The number of aryl methyl sites for hydroxylation is 1. The van der Waals surface area contributed by atoms with Crippen molar-refractivity contribution >= 4 is 22.9 Å². The van der Waals surface area contributed by atoms with Crippen LogP contribution in [0.2, 0.25) is 0 Å². The normalized spacial score (nSPS) is 14.0. The molecule has 0 spiro atoms. The maximum Gasteiger partial charge on any atom is 0.258 e. The van der Waals surface area contributed by atoms with Crippen molar-refractivity contribution in [3.63, 3.8) is 0 Å². The van der Waals surface area contributed by atoms with E-state index >= 15 is 0 Å². The highest BCUT2D eigenvalue weighted by Crippen LogP contribution is 2.33. The molecule has 1 aromatic carbocycles. The van der Waals surface area contributed by atoms with Gasteiger partial charge in [-0.1, -0.05) is 19.1 Å². The Balaban J connectivity index is 1.69. The molecule has 122 valence electrons. The van der Waals surface area contributed by atoms with E-state index in [9.17, 15) is 4.79 Å². The third-order valence-electron chi connectivity index (χ3n) is 4.55. The molecule has 24 heavy (non-hydrogen) atoms. The molecule has 4 rings (SSSR count). The molecule has 2 aromatic heterocycles. The highest BCUT2D eigenvalue weighted by atomic mass is 16.1. The number of rotatable bonds is 5. The fraction of sp³-hybridized carbons (Fsp3) is 0.316. The first kappa shape index (κ1) is 14.9. The molecule has 1 aliphatic rings. The molecule has 1 saturated carbocycles. The number of anilines is 1. The fourth-order valence-corrected chi connectivity index (χ4v) is 3.01. The van der Waals surface area contributed by atoms with Gasteiger partial charge in [0.2, 0.25) is 5.95 Å². The van der Waals surface area contributed by atoms with E-state index in [2.05, 4.69) is 25.9 Å². The van der Waals surface area contributed by atoms with E-state index in [0.717, 1.165) is 29.6 Å². The third-order valence-corrected chi connectivity index (χ3v) is 4.55. The van der Waals surface area contributed by atoms with Crippen LogP contribution in [0.25, 0.3) is 11.0 Å². The zero-order valence-electron chi connectivity index (χ0n) is 13.7. The number of amides is 1. The fourth-order valence-electron chi connectivity index (χ4n) is 3.01. The van der Waals surface area contributed by atoms with Crippen molar-refractivity contribution in [1.29, 1.82) is 0 Å². The SMILES string of the molecule is CCc1cnccc1C(=O)Nc1nc2ccccc2n1CC1CC1. The quantitative estimate of drug-likeness (QED) is 0.780. The van der Waals surface area contributed by atoms with E-state index in [0.29, 0.717) is 17.4 Å². The van der Waals surface area contributed by atoms with E-state index in [1.54, 1.807) is 18.5 Å². The second-order valence-corrected chi connectivity index (χ2v) is 6.32. The minimum absolute atomic E-state index is 0.124. The molecule has 0 atom stereocenters. The Labute approximate surface area is 140 Å². The third kappa shape index (κ3) is 2.77. The molecule has 1 amide bonds. The minimum Gasteiger partial charge on any atom is -0.310 e. The Bertz CT molecular complexity index is 895. The monoisotopic (exact) mass is 320 g/mol. The summed E-state index contributed by atoms with van der Waals surface area (Å²) in [6, 6.07) is 9.79. The summed E-state index contributed by atoms with van der Waals surface area (Å²) in [5.41, 5.74) is 3.60. The number of pyridine rings is 1. The predicted octanol–water partition coefficient (Wildman–Crippen LogP) is 3.66. The van der Waals surface area contributed by atoms with E-state index in [1.165, 1.54) is 12.8 Å². The van der Waals surface area contributed by atoms with Gasteiger partial charge >= 0.3 is 0 Å². The van der Waals surface area contributed by atoms with E-state index in [-0.39, 0.29) is 5.91 Å². The van der Waals surface area contributed by atoms with Gasteiger partial charge in [0.25, 0.3) is 5.91 Å². The standard InChI is InChI=1S/C19H20N4O/c1-2-14-11-20-10-9-15(14)18(24)22-19-21-16-5-3-4-6-17(16)23(19)12-13-7-8-13/h3-6,9-11,13H,2,7-8,12H2,1H3,(H,21,22,24). The Morgan fingerprint density at radius 2 is 2.12 bits per heavy atom. The van der Waals surface area contributed by atoms with Gasteiger partial charge in [0.05, 0.1) is 11.0 Å². The number of fused-ring (bicyclic) bond motifs is 1. The second-order valence-electron chi connectivity index (χ2n) is 6.32. The van der Waals surface area contributed by atoms with E-state index in [4.69, 9.17) is 0 Å². The van der Waals surface area contributed by atoms with Gasteiger partial charge in [-0.15, -0.1) is 0 Å². The molecule has 0 aliphatic heterocycles. The highest BCUT2D eigenvalue weighted by Gasteiger charge is 2.25. The molecular formula is C19H20N4O. The summed E-state index contributed by atoms with van der Waals surface area (Å²) in [4.78, 5) is 21.5. The highest BCUT2D eigenvalue weighted by molar-refractivity contribution is 6.05. The molecule has 1 N–H and O–H groups in total. The number of imidazole rings is 1. The maximum absolute atomic E-state index is 12.7. The summed E-state index contributed by atoms with van der Waals surface area (Å²) < 4.78 is 2.14. The molecule has 0 unspecified atom stereocenters. The number of carbonyl (C=O) groups excluding carboxylic acids is 1. The molecule has 0 bridgehead atoms. The number of benzene rings is 1. The summed E-state index contributed by atoms with van der Waals surface area (Å²) in [5, 5.41) is 3.01. The van der Waals surface area contributed by atoms with Crippen LogP contribution < -0.4 is 5.32 Å². The first-order chi connectivity index (χ1) is 11.8. The van der Waals surface area contributed by atoms with E-state index in [1.807, 2.05) is 25.1 Å². The average molecular weight is 320 g/mol. The summed E-state index contributed by atoms with van der Waals surface area (Å²) in [5.74, 6) is 1.21. The predicted molar refractivity (Wildman–Crippen MR) is 94.0 cm³/mol. The van der Waals surface area contributed by atoms with Gasteiger partial charge in [-0.05, 0) is 48.9 Å². The number of para-hydroxylation sites is 2. The van der Waals surface area contributed by atoms with Crippen LogP contribution in [0.1, 0.15) is 35.7 Å². The molecule has 0 saturated heterocycles. The van der Waals surface area contributed by atoms with Crippen molar-refractivity contribution in [2.75, 3.05) is 5.32 Å². The molecule has 0 radical (unpaired) electrons. The molecular weight excluding hydrogens is 300 g/mol. The van der Waals surface area contributed by atoms with Crippen molar-refractivity contribution in [2.24, 2.45) is 5.92 Å². The van der Waals surface area contributed by atoms with Gasteiger partial charge in [0, 0.05) is 24.5 Å². The van der Waals surface area contributed by atoms with Gasteiger partial charge in [0.15, 0.2) is 0 Å². The summed E-state index contributed by atoms with van der Waals surface area (Å²) >= 11 is 0. The zero-order chi connectivity index (χ0) is 16.5. The van der Waals surface area contributed by atoms with Gasteiger partial charge in [0.1, 0.15) is 0 Å². The maximum atomic E-state index is 12.7. The molecule has 5 heteroatoms. The van der Waals surface area contributed by atoms with Crippen molar-refractivity contribution < 1.29 is 4.79 Å². The van der Waals surface area contributed by atoms with Crippen LogP contribution in [-0.4, -0.2) is 20.4 Å². The second kappa shape index (κ2) is 6.07. The molecule has 5 nitrogen and oxygen atoms in total. The summed E-state index contributed by atoms with van der Waals surface area (Å²) in [6.45, 7) is 2.93.